The molecule has 0 spiro atoms. The Morgan fingerprint density at radius 3 is 3.00 bits per heavy atom. The summed E-state index contributed by atoms with van der Waals surface area (Å²) >= 11 is 3.16. The molecule has 0 amide bonds. The number of hydrogen-bond donors (Lipinski definition) is 1. The van der Waals surface area contributed by atoms with Crippen LogP contribution in [0.3, 0.4) is 0 Å². The fourth-order valence-electron chi connectivity index (χ4n) is 0.810. The van der Waals surface area contributed by atoms with E-state index < -0.39 is 0 Å². The molecule has 0 aromatic carbocycles. The minimum absolute atomic E-state index is 0.205. The van der Waals surface area contributed by atoms with Gasteiger partial charge in [0.05, 0.1) is 12.4 Å². The van der Waals surface area contributed by atoms with E-state index in [4.69, 9.17) is 10.5 Å². The molecule has 14 heavy (non-hydrogen) atoms. The second kappa shape index (κ2) is 3.62. The van der Waals surface area contributed by atoms with Crippen LogP contribution < -0.4 is 15.9 Å². The summed E-state index contributed by atoms with van der Waals surface area (Å²) in [5, 5.41) is 3.67. The van der Waals surface area contributed by atoms with Gasteiger partial charge in [-0.3, -0.25) is 0 Å². The largest absolute Gasteiger partial charge is 0.415 e. The number of nitrogen functional groups attached to an aromatic ring is 1. The van der Waals surface area contributed by atoms with E-state index in [-0.39, 0.29) is 11.7 Å². The van der Waals surface area contributed by atoms with Gasteiger partial charge in [0.15, 0.2) is 5.82 Å². The van der Waals surface area contributed by atoms with Gasteiger partial charge >= 0.3 is 0 Å². The normalized spacial score (nSPS) is 13.6. The predicted molar refractivity (Wildman–Crippen MR) is 53.5 cm³/mol. The first-order valence-corrected chi connectivity index (χ1v) is 4.45. The van der Waals surface area contributed by atoms with Crippen LogP contribution in [0.1, 0.15) is 0 Å². The van der Waals surface area contributed by atoms with Crippen LogP contribution in [-0.4, -0.2) is 15.9 Å². The van der Waals surface area contributed by atoms with E-state index in [1.54, 1.807) is 6.08 Å². The van der Waals surface area contributed by atoms with Crippen molar-refractivity contribution in [3.05, 3.63) is 23.1 Å². The van der Waals surface area contributed by atoms with Crippen molar-refractivity contribution >= 4 is 27.6 Å². The van der Waals surface area contributed by atoms with Gasteiger partial charge in [-0.1, -0.05) is 0 Å². The molecule has 0 aliphatic carbocycles. The number of nitrogens with two attached hydrogens (primary N) is 1. The summed E-state index contributed by atoms with van der Waals surface area (Å²) in [7, 11) is 0. The summed E-state index contributed by atoms with van der Waals surface area (Å²) in [5.41, 5.74) is 9.13. The average Bonchev–Trinajstić information content (AvgIpc) is 2.64. The van der Waals surface area contributed by atoms with Crippen molar-refractivity contribution in [2.24, 2.45) is 5.10 Å². The molecule has 2 heterocycles. The topological polar surface area (TPSA) is 87.5 Å². The maximum absolute atomic E-state index is 5.54. The van der Waals surface area contributed by atoms with E-state index in [2.05, 4.69) is 36.4 Å². The summed E-state index contributed by atoms with van der Waals surface area (Å²) in [5.74, 6) is 0.750. The Morgan fingerprint density at radius 2 is 2.29 bits per heavy atom. The molecule has 71 valence electrons. The summed E-state index contributed by atoms with van der Waals surface area (Å²) in [6.45, 7) is 0. The second-order valence-electron chi connectivity index (χ2n) is 2.35. The van der Waals surface area contributed by atoms with E-state index in [1.807, 2.05) is 0 Å². The molecule has 0 unspecified atom stereocenters. The number of hydrogen-bond acceptors (Lipinski definition) is 5. The summed E-state index contributed by atoms with van der Waals surface area (Å²) in [6.07, 6.45) is 4.60. The van der Waals surface area contributed by atoms with Crippen molar-refractivity contribution in [1.29, 1.82) is 0 Å². The van der Waals surface area contributed by atoms with Crippen molar-refractivity contribution in [2.45, 2.75) is 0 Å². The number of halogens is 1. The van der Waals surface area contributed by atoms with Crippen molar-refractivity contribution in [3.8, 4) is 5.88 Å². The van der Waals surface area contributed by atoms with E-state index >= 15 is 0 Å². The van der Waals surface area contributed by atoms with E-state index in [0.29, 0.717) is 10.5 Å². The maximum Gasteiger partial charge on any atom is 0.265 e. The summed E-state index contributed by atoms with van der Waals surface area (Å²) < 4.78 is 5.77. The van der Waals surface area contributed by atoms with Gasteiger partial charge in [-0.15, -0.1) is 5.10 Å². The predicted octanol–water partition coefficient (Wildman–Crippen LogP) is 0.645. The molecule has 0 saturated carbocycles. The van der Waals surface area contributed by atoms with Crippen LogP contribution in [0.2, 0.25) is 0 Å². The van der Waals surface area contributed by atoms with Crippen molar-refractivity contribution < 1.29 is 4.74 Å². The number of rotatable bonds is 1. The lowest BCUT2D eigenvalue weighted by molar-refractivity contribution is 0.527. The zero-order valence-electron chi connectivity index (χ0n) is 6.88. The molecule has 1 aromatic rings. The number of aromatic nitrogens is 2. The Balaban J connectivity index is 2.23. The Labute approximate surface area is 88.0 Å². The highest BCUT2D eigenvalue weighted by Gasteiger charge is 2.09. The van der Waals surface area contributed by atoms with Crippen molar-refractivity contribution in [3.63, 3.8) is 0 Å². The Morgan fingerprint density at radius 1 is 1.43 bits per heavy atom. The Bertz CT molecular complexity index is 417. The molecule has 0 saturated heterocycles. The van der Waals surface area contributed by atoms with Crippen LogP contribution >= 0.6 is 15.9 Å². The van der Waals surface area contributed by atoms with Crippen molar-refractivity contribution in [1.82, 2.24) is 15.4 Å². The third-order valence-electron chi connectivity index (χ3n) is 1.38. The Kier molecular flexibility index (Phi) is 2.32. The Hall–Kier alpha value is -1.63. The summed E-state index contributed by atoms with van der Waals surface area (Å²) in [4.78, 5) is 7.84. The molecule has 2 rings (SSSR count). The lowest BCUT2D eigenvalue weighted by Crippen LogP contribution is -2.08. The fraction of sp³-hybridized carbons (Fsp3) is 0. The standard InChI is InChI=1S/C7H5BrN5O/c8-4-3-10-6(9)7(12-4)14-5-1-2-11-13-5/h1-3H,(H2,9,10). The molecule has 7 heteroatoms. The van der Waals surface area contributed by atoms with E-state index in [1.165, 1.54) is 12.4 Å². The van der Waals surface area contributed by atoms with Crippen LogP contribution in [0.4, 0.5) is 5.82 Å². The number of nitrogens with zero attached hydrogens (tertiary/aromatic N) is 4. The van der Waals surface area contributed by atoms with Gasteiger partial charge in [0.25, 0.3) is 5.88 Å². The zero-order valence-corrected chi connectivity index (χ0v) is 8.47. The van der Waals surface area contributed by atoms with E-state index in [0.717, 1.165) is 0 Å². The second-order valence-corrected chi connectivity index (χ2v) is 3.17. The smallest absolute Gasteiger partial charge is 0.265 e. The quantitative estimate of drug-likeness (QED) is 0.797. The van der Waals surface area contributed by atoms with Gasteiger partial charge < -0.3 is 10.5 Å². The van der Waals surface area contributed by atoms with E-state index in [9.17, 15) is 0 Å². The molecule has 6 nitrogen and oxygen atoms in total. The molecular formula is C7H5BrN5O. The number of ether oxygens (including phenoxy) is 1. The molecule has 0 atom stereocenters. The molecule has 1 aliphatic rings. The molecule has 0 bridgehead atoms. The monoisotopic (exact) mass is 254 g/mol. The number of anilines is 1. The zero-order chi connectivity index (χ0) is 9.97. The molecule has 0 fully saturated rings. The third-order valence-corrected chi connectivity index (χ3v) is 1.76. The first-order chi connectivity index (χ1) is 6.75. The van der Waals surface area contributed by atoms with Crippen LogP contribution in [0.15, 0.2) is 28.2 Å². The minimum Gasteiger partial charge on any atom is -0.415 e. The summed E-state index contributed by atoms with van der Waals surface area (Å²) in [6, 6.07) is 0. The van der Waals surface area contributed by atoms with Crippen LogP contribution in [-0.2, 0) is 0 Å². The van der Waals surface area contributed by atoms with Gasteiger partial charge in [0, 0.05) is 6.08 Å². The molecule has 2 N–H and O–H groups in total. The van der Waals surface area contributed by atoms with Crippen LogP contribution in [0.25, 0.3) is 0 Å². The highest BCUT2D eigenvalue weighted by atomic mass is 79.9. The van der Waals surface area contributed by atoms with Crippen molar-refractivity contribution in [2.75, 3.05) is 5.73 Å². The van der Waals surface area contributed by atoms with Crippen LogP contribution in [0.5, 0.6) is 5.88 Å². The van der Waals surface area contributed by atoms with Gasteiger partial charge in [-0.05, 0) is 15.9 Å². The highest BCUT2D eigenvalue weighted by Crippen LogP contribution is 2.18. The van der Waals surface area contributed by atoms with Gasteiger partial charge in [-0.2, -0.15) is 5.43 Å². The lowest BCUT2D eigenvalue weighted by atomic mass is 10.6. The van der Waals surface area contributed by atoms with Crippen LogP contribution in [0, 0.1) is 0 Å². The maximum atomic E-state index is 5.54. The molecule has 1 radical (unpaired) electrons. The molecule has 1 aromatic heterocycles. The van der Waals surface area contributed by atoms with Gasteiger partial charge in [0.2, 0.25) is 5.90 Å². The van der Waals surface area contributed by atoms with Gasteiger partial charge in [0.1, 0.15) is 4.60 Å². The van der Waals surface area contributed by atoms with Gasteiger partial charge in [-0.25, -0.2) is 9.97 Å². The first-order valence-electron chi connectivity index (χ1n) is 3.66. The fourth-order valence-corrected chi connectivity index (χ4v) is 1.07. The lowest BCUT2D eigenvalue weighted by Gasteiger charge is -2.03. The minimum atomic E-state index is 0.205. The average molecular weight is 255 g/mol. The highest BCUT2D eigenvalue weighted by molar-refractivity contribution is 9.10. The molecular weight excluding hydrogens is 250 g/mol. The SMILES string of the molecule is Nc1ncc(Br)nc1OC1=N[N]C=C1. The third kappa shape index (κ3) is 1.82. The molecule has 1 aliphatic heterocycles. The first kappa shape index (κ1) is 8.95.